The van der Waals surface area contributed by atoms with E-state index in [0.29, 0.717) is 5.25 Å². The number of hydrogen-bond acceptors (Lipinski definition) is 3. The van der Waals surface area contributed by atoms with Gasteiger partial charge in [0.25, 0.3) is 0 Å². The molecule has 0 saturated heterocycles. The Balaban J connectivity index is 1.96. The van der Waals surface area contributed by atoms with Gasteiger partial charge in [-0.3, -0.25) is 5.41 Å². The molecule has 0 unspecified atom stereocenters. The monoisotopic (exact) mass is 285 g/mol. The van der Waals surface area contributed by atoms with E-state index in [1.807, 2.05) is 42.1 Å². The van der Waals surface area contributed by atoms with E-state index in [1.54, 1.807) is 0 Å². The van der Waals surface area contributed by atoms with E-state index in [0.717, 1.165) is 21.5 Å². The van der Waals surface area contributed by atoms with Gasteiger partial charge < -0.3 is 5.73 Å². The Kier molecular flexibility index (Phi) is 3.92. The number of para-hydroxylation sites is 1. The van der Waals surface area contributed by atoms with Crippen LogP contribution < -0.4 is 5.73 Å². The summed E-state index contributed by atoms with van der Waals surface area (Å²) >= 11 is 1.85. The molecule has 0 bridgehead atoms. The summed E-state index contributed by atoms with van der Waals surface area (Å²) in [6.07, 6.45) is 6.56. The molecule has 3 N–H and O–H groups in total. The lowest BCUT2D eigenvalue weighted by Crippen LogP contribution is -2.13. The van der Waals surface area contributed by atoms with E-state index in [4.69, 9.17) is 16.1 Å². The maximum Gasteiger partial charge on any atom is 0.123 e. The number of nitrogens with zero attached hydrogens (tertiary/aromatic N) is 1. The maximum atomic E-state index is 7.77. The number of amidine groups is 1. The van der Waals surface area contributed by atoms with Crippen LogP contribution in [0.5, 0.6) is 0 Å². The van der Waals surface area contributed by atoms with Crippen molar-refractivity contribution in [3.63, 3.8) is 0 Å². The van der Waals surface area contributed by atoms with Crippen LogP contribution in [0.4, 0.5) is 0 Å². The number of nitrogen functional groups attached to an aromatic ring is 1. The zero-order valence-electron chi connectivity index (χ0n) is 11.4. The Morgan fingerprint density at radius 3 is 2.70 bits per heavy atom. The van der Waals surface area contributed by atoms with Gasteiger partial charge in [-0.1, -0.05) is 37.5 Å². The van der Waals surface area contributed by atoms with Gasteiger partial charge in [0.15, 0.2) is 0 Å². The largest absolute Gasteiger partial charge is 0.384 e. The van der Waals surface area contributed by atoms with E-state index in [2.05, 4.69) is 0 Å². The van der Waals surface area contributed by atoms with Crippen molar-refractivity contribution in [3.05, 3.63) is 35.9 Å². The average Bonchev–Trinajstić information content (AvgIpc) is 2.47. The number of nitrogens with two attached hydrogens (primary N) is 1. The number of pyridine rings is 1. The summed E-state index contributed by atoms with van der Waals surface area (Å²) < 4.78 is 0. The molecule has 1 aliphatic rings. The predicted octanol–water partition coefficient (Wildman–Crippen LogP) is 3.94. The molecule has 0 spiro atoms. The number of thioether (sulfide) groups is 1. The smallest absolute Gasteiger partial charge is 0.123 e. The fourth-order valence-corrected chi connectivity index (χ4v) is 4.04. The SMILES string of the molecule is N=C(N)c1cc(SC2CCCCC2)nc2ccccc12. The molecule has 104 valence electrons. The number of nitrogens with one attached hydrogen (secondary N) is 1. The first-order chi connectivity index (χ1) is 9.74. The van der Waals surface area contributed by atoms with Gasteiger partial charge in [0.2, 0.25) is 0 Å². The van der Waals surface area contributed by atoms with Crippen molar-refractivity contribution in [1.82, 2.24) is 4.98 Å². The second kappa shape index (κ2) is 5.83. The molecule has 1 aliphatic carbocycles. The van der Waals surface area contributed by atoms with Crippen LogP contribution in [0, 0.1) is 5.41 Å². The second-order valence-corrected chi connectivity index (χ2v) is 6.64. The summed E-state index contributed by atoms with van der Waals surface area (Å²) in [4.78, 5) is 4.72. The average molecular weight is 285 g/mol. The van der Waals surface area contributed by atoms with Crippen molar-refractivity contribution in [2.75, 3.05) is 0 Å². The number of fused-ring (bicyclic) bond motifs is 1. The number of rotatable bonds is 3. The van der Waals surface area contributed by atoms with E-state index in [9.17, 15) is 0 Å². The summed E-state index contributed by atoms with van der Waals surface area (Å²) in [5, 5.41) is 10.4. The normalized spacial score (nSPS) is 16.4. The standard InChI is InChI=1S/C16H19N3S/c17-16(18)13-10-15(20-11-6-2-1-3-7-11)19-14-9-5-4-8-12(13)14/h4-5,8-11H,1-3,6-7H2,(H3,17,18). The van der Waals surface area contributed by atoms with Gasteiger partial charge in [0, 0.05) is 16.2 Å². The van der Waals surface area contributed by atoms with E-state index in [1.165, 1.54) is 32.1 Å². The zero-order chi connectivity index (χ0) is 13.9. The fraction of sp³-hybridized carbons (Fsp3) is 0.375. The van der Waals surface area contributed by atoms with Crippen molar-refractivity contribution in [2.45, 2.75) is 42.4 Å². The van der Waals surface area contributed by atoms with E-state index < -0.39 is 0 Å². The Bertz CT molecular complexity index is 633. The zero-order valence-corrected chi connectivity index (χ0v) is 12.2. The first-order valence-corrected chi connectivity index (χ1v) is 8.03. The Morgan fingerprint density at radius 1 is 1.20 bits per heavy atom. The number of benzene rings is 1. The minimum Gasteiger partial charge on any atom is -0.384 e. The highest BCUT2D eigenvalue weighted by Crippen LogP contribution is 2.34. The number of aromatic nitrogens is 1. The molecular weight excluding hydrogens is 266 g/mol. The molecule has 2 aromatic rings. The third kappa shape index (κ3) is 2.80. The summed E-state index contributed by atoms with van der Waals surface area (Å²) in [5.41, 5.74) is 7.46. The van der Waals surface area contributed by atoms with Crippen LogP contribution in [0.2, 0.25) is 0 Å². The maximum absolute atomic E-state index is 7.77. The lowest BCUT2D eigenvalue weighted by atomic mass is 10.0. The van der Waals surface area contributed by atoms with Crippen molar-refractivity contribution < 1.29 is 0 Å². The molecule has 0 radical (unpaired) electrons. The fourth-order valence-electron chi connectivity index (χ4n) is 2.79. The Hall–Kier alpha value is -1.55. The quantitative estimate of drug-likeness (QED) is 0.663. The molecule has 3 nitrogen and oxygen atoms in total. The van der Waals surface area contributed by atoms with Gasteiger partial charge in [-0.05, 0) is 25.0 Å². The highest BCUT2D eigenvalue weighted by atomic mass is 32.2. The molecule has 0 amide bonds. The summed E-state index contributed by atoms with van der Waals surface area (Å²) in [6, 6.07) is 9.89. The van der Waals surface area contributed by atoms with Crippen LogP contribution in [0.15, 0.2) is 35.4 Å². The van der Waals surface area contributed by atoms with Gasteiger partial charge in [0.1, 0.15) is 5.84 Å². The third-order valence-corrected chi connectivity index (χ3v) is 5.08. The molecule has 1 heterocycles. The Labute approximate surface area is 123 Å². The van der Waals surface area contributed by atoms with Crippen molar-refractivity contribution >= 4 is 28.5 Å². The molecular formula is C16H19N3S. The third-order valence-electron chi connectivity index (χ3n) is 3.82. The van der Waals surface area contributed by atoms with Crippen molar-refractivity contribution in [2.24, 2.45) is 5.73 Å². The van der Waals surface area contributed by atoms with Gasteiger partial charge >= 0.3 is 0 Å². The lowest BCUT2D eigenvalue weighted by molar-refractivity contribution is 0.516. The van der Waals surface area contributed by atoms with E-state index >= 15 is 0 Å². The van der Waals surface area contributed by atoms with E-state index in [-0.39, 0.29) is 5.84 Å². The highest BCUT2D eigenvalue weighted by molar-refractivity contribution is 7.99. The molecule has 1 aromatic carbocycles. The summed E-state index contributed by atoms with van der Waals surface area (Å²) in [7, 11) is 0. The van der Waals surface area contributed by atoms with Crippen molar-refractivity contribution in [1.29, 1.82) is 5.41 Å². The lowest BCUT2D eigenvalue weighted by Gasteiger charge is -2.20. The highest BCUT2D eigenvalue weighted by Gasteiger charge is 2.16. The molecule has 4 heteroatoms. The van der Waals surface area contributed by atoms with Crippen LogP contribution in [0.25, 0.3) is 10.9 Å². The predicted molar refractivity (Wildman–Crippen MR) is 85.5 cm³/mol. The van der Waals surface area contributed by atoms with Gasteiger partial charge in [-0.15, -0.1) is 11.8 Å². The van der Waals surface area contributed by atoms with Crippen LogP contribution in [0.1, 0.15) is 37.7 Å². The molecule has 1 aromatic heterocycles. The van der Waals surface area contributed by atoms with Gasteiger partial charge in [0.05, 0.1) is 10.5 Å². The molecule has 3 rings (SSSR count). The summed E-state index contributed by atoms with van der Waals surface area (Å²) in [5.74, 6) is 0.120. The topological polar surface area (TPSA) is 62.8 Å². The minimum absolute atomic E-state index is 0.120. The van der Waals surface area contributed by atoms with Gasteiger partial charge in [-0.2, -0.15) is 0 Å². The van der Waals surface area contributed by atoms with Gasteiger partial charge in [-0.25, -0.2) is 4.98 Å². The number of hydrogen-bond donors (Lipinski definition) is 2. The molecule has 1 saturated carbocycles. The van der Waals surface area contributed by atoms with Crippen LogP contribution >= 0.6 is 11.8 Å². The molecule has 20 heavy (non-hydrogen) atoms. The first-order valence-electron chi connectivity index (χ1n) is 7.15. The minimum atomic E-state index is 0.120. The molecule has 1 fully saturated rings. The van der Waals surface area contributed by atoms with Crippen molar-refractivity contribution in [3.8, 4) is 0 Å². The Morgan fingerprint density at radius 2 is 1.95 bits per heavy atom. The second-order valence-electron chi connectivity index (χ2n) is 5.32. The summed E-state index contributed by atoms with van der Waals surface area (Å²) in [6.45, 7) is 0. The molecule has 0 aliphatic heterocycles. The van der Waals surface area contributed by atoms with Crippen LogP contribution in [-0.2, 0) is 0 Å². The molecule has 0 atom stereocenters. The van der Waals surface area contributed by atoms with Crippen LogP contribution in [-0.4, -0.2) is 16.1 Å². The van der Waals surface area contributed by atoms with Crippen LogP contribution in [0.3, 0.4) is 0 Å². The first kappa shape index (κ1) is 13.4.